The van der Waals surface area contributed by atoms with E-state index in [9.17, 15) is 9.59 Å². The number of benzene rings is 1. The molecule has 1 amide bonds. The summed E-state index contributed by atoms with van der Waals surface area (Å²) >= 11 is 0. The van der Waals surface area contributed by atoms with Crippen LogP contribution in [0.25, 0.3) is 0 Å². The Hall–Kier alpha value is -2.16. The summed E-state index contributed by atoms with van der Waals surface area (Å²) in [6.07, 6.45) is 3.48. The molecule has 0 aromatic heterocycles. The van der Waals surface area contributed by atoms with Gasteiger partial charge in [0.1, 0.15) is 12.4 Å². The minimum Gasteiger partial charge on any atom is -0.469 e. The lowest BCUT2D eigenvalue weighted by Crippen LogP contribution is -2.42. The third-order valence-corrected chi connectivity index (χ3v) is 6.19. The third-order valence-electron chi connectivity index (χ3n) is 6.19. The van der Waals surface area contributed by atoms with Gasteiger partial charge in [0.25, 0.3) is 0 Å². The highest BCUT2D eigenvalue weighted by atomic mass is 16.7. The molecule has 1 unspecified atom stereocenters. The smallest absolute Gasteiger partial charge is 0.410 e. The molecule has 0 spiro atoms. The first-order valence-electron chi connectivity index (χ1n) is 12.2. The Bertz CT molecular complexity index is 771. The quantitative estimate of drug-likeness (QED) is 0.298. The maximum absolute atomic E-state index is 12.8. The van der Waals surface area contributed by atoms with Crippen molar-refractivity contribution in [3.05, 3.63) is 35.9 Å². The molecule has 2 fully saturated rings. The number of ether oxygens (including phenoxy) is 5. The highest BCUT2D eigenvalue weighted by Gasteiger charge is 2.40. The van der Waals surface area contributed by atoms with Crippen LogP contribution in [0.2, 0.25) is 0 Å². The SMILES string of the molecule is COC(=O)C1CCC(O[C@@H]2CC(COCOCc3ccccc3)N(C(=O)OC(C)(C)C)C2)CC1. The fourth-order valence-electron chi connectivity index (χ4n) is 4.52. The molecule has 1 aromatic rings. The summed E-state index contributed by atoms with van der Waals surface area (Å²) in [5.41, 5.74) is 0.504. The summed E-state index contributed by atoms with van der Waals surface area (Å²) < 4.78 is 28.2. The zero-order valence-corrected chi connectivity index (χ0v) is 20.9. The molecule has 1 saturated carbocycles. The van der Waals surface area contributed by atoms with Gasteiger partial charge >= 0.3 is 12.1 Å². The van der Waals surface area contributed by atoms with Crippen LogP contribution < -0.4 is 0 Å². The predicted molar refractivity (Wildman–Crippen MR) is 126 cm³/mol. The second-order valence-electron chi connectivity index (χ2n) is 10.1. The summed E-state index contributed by atoms with van der Waals surface area (Å²) in [4.78, 5) is 26.3. The van der Waals surface area contributed by atoms with Gasteiger partial charge in [-0.2, -0.15) is 0 Å². The van der Waals surface area contributed by atoms with Crippen molar-refractivity contribution in [2.24, 2.45) is 5.92 Å². The Morgan fingerprint density at radius 3 is 2.35 bits per heavy atom. The predicted octanol–water partition coefficient (Wildman–Crippen LogP) is 4.30. The van der Waals surface area contributed by atoms with E-state index in [0.29, 0.717) is 26.2 Å². The van der Waals surface area contributed by atoms with Crippen molar-refractivity contribution in [1.82, 2.24) is 4.90 Å². The lowest BCUT2D eigenvalue weighted by molar-refractivity contribution is -0.148. The van der Waals surface area contributed by atoms with Crippen molar-refractivity contribution in [2.45, 2.75) is 83.3 Å². The Kier molecular flexibility index (Phi) is 9.74. The van der Waals surface area contributed by atoms with Gasteiger partial charge in [-0.05, 0) is 58.4 Å². The lowest BCUT2D eigenvalue weighted by atomic mass is 9.87. The maximum Gasteiger partial charge on any atom is 0.410 e. The number of likely N-dealkylation sites (tertiary alicyclic amines) is 1. The third kappa shape index (κ3) is 8.25. The number of esters is 1. The minimum atomic E-state index is -0.577. The molecule has 1 saturated heterocycles. The van der Waals surface area contributed by atoms with Gasteiger partial charge in [-0.25, -0.2) is 4.79 Å². The van der Waals surface area contributed by atoms with Crippen LogP contribution in [0, 0.1) is 5.92 Å². The van der Waals surface area contributed by atoms with E-state index in [2.05, 4.69) is 0 Å². The van der Waals surface area contributed by atoms with Gasteiger partial charge in [0, 0.05) is 0 Å². The molecule has 2 aliphatic rings. The Morgan fingerprint density at radius 2 is 1.71 bits per heavy atom. The Morgan fingerprint density at radius 1 is 1.00 bits per heavy atom. The number of nitrogens with zero attached hydrogens (tertiary/aromatic N) is 1. The van der Waals surface area contributed by atoms with Crippen molar-refractivity contribution < 1.29 is 33.3 Å². The van der Waals surface area contributed by atoms with Crippen LogP contribution >= 0.6 is 0 Å². The van der Waals surface area contributed by atoms with Gasteiger partial charge in [0.15, 0.2) is 0 Å². The first kappa shape index (κ1) is 26.4. The van der Waals surface area contributed by atoms with Crippen LogP contribution in [-0.2, 0) is 35.1 Å². The zero-order valence-electron chi connectivity index (χ0n) is 20.9. The number of hydrogen-bond acceptors (Lipinski definition) is 7. The van der Waals surface area contributed by atoms with E-state index in [1.807, 2.05) is 51.1 Å². The van der Waals surface area contributed by atoms with Gasteiger partial charge in [0.05, 0.1) is 51.0 Å². The number of hydrogen-bond donors (Lipinski definition) is 0. The van der Waals surface area contributed by atoms with Crippen LogP contribution in [0.4, 0.5) is 4.79 Å². The number of carbonyl (C=O) groups is 2. The standard InChI is InChI=1S/C26H39NO7/c1-26(2,3)34-25(29)27-15-23(33-22-12-10-20(11-13-22)24(28)30-4)14-21(27)17-32-18-31-16-19-8-6-5-7-9-19/h5-9,20-23H,10-18H2,1-4H3/t20?,21?,22?,23-/m1/s1. The Labute approximate surface area is 202 Å². The average Bonchev–Trinajstić information content (AvgIpc) is 3.21. The number of carbonyl (C=O) groups excluding carboxylic acids is 2. The summed E-state index contributed by atoms with van der Waals surface area (Å²) in [6, 6.07) is 9.77. The molecule has 8 heteroatoms. The topological polar surface area (TPSA) is 83.5 Å². The summed E-state index contributed by atoms with van der Waals surface area (Å²) in [5, 5.41) is 0. The van der Waals surface area contributed by atoms with Crippen molar-refractivity contribution in [1.29, 1.82) is 0 Å². The molecular formula is C26H39NO7. The molecule has 8 nitrogen and oxygen atoms in total. The normalized spacial score (nSPS) is 25.2. The fraction of sp³-hybridized carbons (Fsp3) is 0.692. The second-order valence-corrected chi connectivity index (χ2v) is 10.1. The largest absolute Gasteiger partial charge is 0.469 e. The van der Waals surface area contributed by atoms with E-state index >= 15 is 0 Å². The number of rotatable bonds is 9. The second kappa shape index (κ2) is 12.5. The van der Waals surface area contributed by atoms with Crippen molar-refractivity contribution in [3.63, 3.8) is 0 Å². The van der Waals surface area contributed by atoms with Crippen LogP contribution in [-0.4, -0.2) is 67.9 Å². The molecule has 0 bridgehead atoms. The van der Waals surface area contributed by atoms with E-state index < -0.39 is 5.60 Å². The summed E-state index contributed by atoms with van der Waals surface area (Å²) in [6.45, 7) is 7.01. The van der Waals surface area contributed by atoms with Gasteiger partial charge in [0.2, 0.25) is 0 Å². The first-order chi connectivity index (χ1) is 16.2. The van der Waals surface area contributed by atoms with Crippen molar-refractivity contribution >= 4 is 12.1 Å². The van der Waals surface area contributed by atoms with E-state index in [1.54, 1.807) is 4.90 Å². The highest BCUT2D eigenvalue weighted by molar-refractivity contribution is 5.72. The molecule has 0 radical (unpaired) electrons. The lowest BCUT2D eigenvalue weighted by Gasteiger charge is -2.29. The van der Waals surface area contributed by atoms with Crippen LogP contribution in [0.3, 0.4) is 0 Å². The molecule has 1 heterocycles. The van der Waals surface area contributed by atoms with Gasteiger partial charge in [-0.1, -0.05) is 30.3 Å². The van der Waals surface area contributed by atoms with Crippen LogP contribution in [0.5, 0.6) is 0 Å². The zero-order chi connectivity index (χ0) is 24.6. The Balaban J connectivity index is 1.48. The van der Waals surface area contributed by atoms with Crippen molar-refractivity contribution in [2.75, 3.05) is 27.1 Å². The first-order valence-corrected chi connectivity index (χ1v) is 12.2. The average molecular weight is 478 g/mol. The molecule has 1 aliphatic heterocycles. The van der Waals surface area contributed by atoms with E-state index in [0.717, 1.165) is 31.2 Å². The summed E-state index contributed by atoms with van der Waals surface area (Å²) in [5.74, 6) is -0.175. The molecule has 0 N–H and O–H groups in total. The van der Waals surface area contributed by atoms with Crippen LogP contribution in [0.1, 0.15) is 58.4 Å². The molecule has 34 heavy (non-hydrogen) atoms. The van der Waals surface area contributed by atoms with Gasteiger partial charge in [-0.3, -0.25) is 4.79 Å². The molecule has 1 aromatic carbocycles. The minimum absolute atomic E-state index is 0.0382. The van der Waals surface area contributed by atoms with Gasteiger partial charge in [-0.15, -0.1) is 0 Å². The molecular weight excluding hydrogens is 438 g/mol. The molecule has 3 rings (SSSR count). The van der Waals surface area contributed by atoms with Crippen molar-refractivity contribution in [3.8, 4) is 0 Å². The number of amides is 1. The summed E-state index contributed by atoms with van der Waals surface area (Å²) in [7, 11) is 1.43. The fourth-order valence-corrected chi connectivity index (χ4v) is 4.52. The maximum atomic E-state index is 12.8. The number of methoxy groups -OCH3 is 1. The molecule has 2 atom stereocenters. The van der Waals surface area contributed by atoms with Crippen LogP contribution in [0.15, 0.2) is 30.3 Å². The van der Waals surface area contributed by atoms with E-state index in [1.165, 1.54) is 7.11 Å². The molecule has 1 aliphatic carbocycles. The van der Waals surface area contributed by atoms with E-state index in [4.69, 9.17) is 23.7 Å². The van der Waals surface area contributed by atoms with E-state index in [-0.39, 0.29) is 43.0 Å². The molecule has 190 valence electrons. The monoisotopic (exact) mass is 477 g/mol. The highest BCUT2D eigenvalue weighted by Crippen LogP contribution is 2.31. The van der Waals surface area contributed by atoms with Gasteiger partial charge < -0.3 is 28.6 Å².